The van der Waals surface area contributed by atoms with Crippen molar-refractivity contribution in [3.05, 3.63) is 0 Å². The van der Waals surface area contributed by atoms with Crippen LogP contribution in [-0.4, -0.2) is 4.86 Å². The molecule has 4 saturated carbocycles. The lowest BCUT2D eigenvalue weighted by molar-refractivity contribution is 0.0623. The van der Waals surface area contributed by atoms with Gasteiger partial charge in [0.2, 0.25) is 0 Å². The van der Waals surface area contributed by atoms with E-state index in [4.69, 9.17) is 12.2 Å². The summed E-state index contributed by atoms with van der Waals surface area (Å²) >= 11 is 5.72. The van der Waals surface area contributed by atoms with Gasteiger partial charge in [0.1, 0.15) is 0 Å². The Morgan fingerprint density at radius 1 is 0.730 bits per heavy atom. The quantitative estimate of drug-likeness (QED) is 0.200. The molecule has 0 aromatic carbocycles. The molecule has 0 aromatic rings. The molecule has 4 rings (SSSR count). The molecule has 4 fully saturated rings. The number of fused-ring (bicyclic) bond motifs is 1. The van der Waals surface area contributed by atoms with Gasteiger partial charge in [0.25, 0.3) is 0 Å². The molecule has 9 atom stereocenters. The van der Waals surface area contributed by atoms with Gasteiger partial charge in [-0.2, -0.15) is 0 Å². The third-order valence-electron chi connectivity index (χ3n) is 11.8. The predicted octanol–water partition coefficient (Wildman–Crippen LogP) is 11.9. The van der Waals surface area contributed by atoms with Gasteiger partial charge < -0.3 is 0 Å². The summed E-state index contributed by atoms with van der Waals surface area (Å²) in [5.41, 5.74) is 0. The second-order valence-corrected chi connectivity index (χ2v) is 15.5. The molecular formula is C36H66S. The maximum atomic E-state index is 5.72. The largest absolute Gasteiger partial charge is 0.0897 e. The molecule has 0 radical (unpaired) electrons. The van der Waals surface area contributed by atoms with Crippen LogP contribution in [-0.2, 0) is 0 Å². The second kappa shape index (κ2) is 15.8. The van der Waals surface area contributed by atoms with E-state index in [1.54, 1.807) is 19.3 Å². The highest BCUT2D eigenvalue weighted by Gasteiger charge is 2.44. The Bertz CT molecular complexity index is 649. The molecule has 37 heavy (non-hydrogen) atoms. The lowest BCUT2D eigenvalue weighted by Gasteiger charge is -2.45. The van der Waals surface area contributed by atoms with Crippen molar-refractivity contribution in [2.75, 3.05) is 0 Å². The number of unbranched alkanes of at least 4 members (excludes halogenated alkanes) is 2. The van der Waals surface area contributed by atoms with E-state index < -0.39 is 0 Å². The van der Waals surface area contributed by atoms with Crippen molar-refractivity contribution in [1.29, 1.82) is 0 Å². The molecule has 0 amide bonds. The maximum Gasteiger partial charge on any atom is -0.00684 e. The van der Waals surface area contributed by atoms with Crippen molar-refractivity contribution in [3.63, 3.8) is 0 Å². The van der Waals surface area contributed by atoms with Gasteiger partial charge in [0.05, 0.1) is 0 Å². The van der Waals surface area contributed by atoms with Crippen molar-refractivity contribution in [1.82, 2.24) is 0 Å². The minimum atomic E-state index is 0.814. The summed E-state index contributed by atoms with van der Waals surface area (Å²) in [4.78, 5) is 1.38. The number of hydrogen-bond donors (Lipinski definition) is 0. The first kappa shape index (κ1) is 31.6. The average molecular weight is 531 g/mol. The molecule has 0 bridgehead atoms. The van der Waals surface area contributed by atoms with Gasteiger partial charge >= 0.3 is 0 Å². The molecular weight excluding hydrogens is 464 g/mol. The van der Waals surface area contributed by atoms with Gasteiger partial charge in [0.15, 0.2) is 0 Å². The van der Waals surface area contributed by atoms with Crippen LogP contribution in [0.15, 0.2) is 0 Å². The normalized spacial score (nSPS) is 36.9. The Kier molecular flexibility index (Phi) is 13.5. The van der Waals surface area contributed by atoms with Gasteiger partial charge in [-0.1, -0.05) is 131 Å². The Morgan fingerprint density at radius 2 is 1.49 bits per heavy atom. The van der Waals surface area contributed by atoms with Gasteiger partial charge in [-0.25, -0.2) is 0 Å². The van der Waals surface area contributed by atoms with Crippen LogP contribution in [0, 0.1) is 65.1 Å². The van der Waals surface area contributed by atoms with Crippen molar-refractivity contribution in [3.8, 4) is 0 Å². The molecule has 0 saturated heterocycles. The summed E-state index contributed by atoms with van der Waals surface area (Å²) in [5.74, 6) is 10.7. The first-order valence-corrected chi connectivity index (χ1v) is 17.7. The van der Waals surface area contributed by atoms with E-state index in [2.05, 4.69) is 48.5 Å². The molecule has 216 valence electrons. The Morgan fingerprint density at radius 3 is 2.16 bits per heavy atom. The summed E-state index contributed by atoms with van der Waals surface area (Å²) < 4.78 is 0. The topological polar surface area (TPSA) is 0 Å². The van der Waals surface area contributed by atoms with Crippen LogP contribution >= 0.6 is 12.2 Å². The van der Waals surface area contributed by atoms with Crippen LogP contribution in [0.3, 0.4) is 0 Å². The first-order chi connectivity index (χ1) is 17.8. The highest BCUT2D eigenvalue weighted by Crippen LogP contribution is 2.51. The lowest BCUT2D eigenvalue weighted by atomic mass is 9.60. The van der Waals surface area contributed by atoms with Crippen LogP contribution in [0.5, 0.6) is 0 Å². The standard InChI is InChI=1S/C23H42S.C13H24/c1-6-7-8-10-18-11-9-12-21(18)23(17(4)5)22-15-19(24)13-14-20(22)16(2)3;1-3-5-11-8-9-12-7-4-6-10(2)13(11)12/h16-18,20-23H,6-15H2,1-5H3;10-13H,3-9H2,1-2H3. The summed E-state index contributed by atoms with van der Waals surface area (Å²) in [6.07, 6.45) is 24.6. The molecule has 0 spiro atoms. The zero-order valence-corrected chi connectivity index (χ0v) is 27.1. The molecule has 0 N–H and O–H groups in total. The summed E-state index contributed by atoms with van der Waals surface area (Å²) in [6, 6.07) is 0. The minimum Gasteiger partial charge on any atom is -0.0897 e. The Hall–Kier alpha value is 0.0900. The molecule has 4 aliphatic rings. The van der Waals surface area contributed by atoms with Crippen molar-refractivity contribution in [2.24, 2.45) is 65.1 Å². The molecule has 4 aliphatic carbocycles. The molecule has 0 aliphatic heterocycles. The van der Waals surface area contributed by atoms with Gasteiger partial charge in [-0.15, -0.1) is 0 Å². The van der Waals surface area contributed by atoms with Crippen LogP contribution in [0.4, 0.5) is 0 Å². The average Bonchev–Trinajstić information content (AvgIpc) is 3.48. The molecule has 0 heterocycles. The van der Waals surface area contributed by atoms with Crippen LogP contribution in [0.2, 0.25) is 0 Å². The zero-order valence-electron chi connectivity index (χ0n) is 26.3. The van der Waals surface area contributed by atoms with Crippen LogP contribution in [0.1, 0.15) is 158 Å². The maximum absolute atomic E-state index is 5.72. The fourth-order valence-corrected chi connectivity index (χ4v) is 10.6. The number of hydrogen-bond acceptors (Lipinski definition) is 1. The van der Waals surface area contributed by atoms with Crippen LogP contribution < -0.4 is 0 Å². The van der Waals surface area contributed by atoms with E-state index in [1.165, 1.54) is 94.8 Å². The monoisotopic (exact) mass is 530 g/mol. The Balaban J connectivity index is 0.000000244. The number of rotatable bonds is 10. The Labute approximate surface area is 239 Å². The van der Waals surface area contributed by atoms with Crippen molar-refractivity contribution < 1.29 is 0 Å². The molecule has 0 aromatic heterocycles. The first-order valence-electron chi connectivity index (χ1n) is 17.3. The fraction of sp³-hybridized carbons (Fsp3) is 0.972. The summed E-state index contributed by atoms with van der Waals surface area (Å²) in [6.45, 7) is 17.1. The SMILES string of the molecule is CCCC1CCC2CCCC(C)C12.CCCCCC1CCCC1C(C(C)C)C1CC(=S)CCC1C(C)C. The highest BCUT2D eigenvalue weighted by atomic mass is 32.1. The van der Waals surface area contributed by atoms with Crippen LogP contribution in [0.25, 0.3) is 0 Å². The van der Waals surface area contributed by atoms with Crippen molar-refractivity contribution >= 4 is 17.1 Å². The molecule has 9 unspecified atom stereocenters. The molecule has 1 heteroatoms. The number of thiocarbonyl (C=S) groups is 1. The fourth-order valence-electron chi connectivity index (χ4n) is 10.3. The van der Waals surface area contributed by atoms with Gasteiger partial charge in [-0.3, -0.25) is 0 Å². The molecule has 0 nitrogen and oxygen atoms in total. The van der Waals surface area contributed by atoms with E-state index >= 15 is 0 Å². The minimum absolute atomic E-state index is 0.814. The smallest absolute Gasteiger partial charge is 0.00684 e. The van der Waals surface area contributed by atoms with Gasteiger partial charge in [0, 0.05) is 0 Å². The predicted molar refractivity (Wildman–Crippen MR) is 169 cm³/mol. The van der Waals surface area contributed by atoms with Crippen molar-refractivity contribution in [2.45, 2.75) is 158 Å². The third kappa shape index (κ3) is 8.54. The van der Waals surface area contributed by atoms with E-state index in [0.29, 0.717) is 0 Å². The summed E-state index contributed by atoms with van der Waals surface area (Å²) in [5, 5.41) is 0. The lowest BCUT2D eigenvalue weighted by Crippen LogP contribution is -2.40. The van der Waals surface area contributed by atoms with Gasteiger partial charge in [-0.05, 0) is 108 Å². The van der Waals surface area contributed by atoms with E-state index in [0.717, 1.165) is 65.1 Å². The third-order valence-corrected chi connectivity index (χ3v) is 12.2. The second-order valence-electron chi connectivity index (χ2n) is 14.9. The highest BCUT2D eigenvalue weighted by molar-refractivity contribution is 7.80. The van der Waals surface area contributed by atoms with E-state index in [9.17, 15) is 0 Å². The zero-order chi connectivity index (χ0) is 26.9. The van der Waals surface area contributed by atoms with E-state index in [-0.39, 0.29) is 0 Å². The van der Waals surface area contributed by atoms with E-state index in [1.807, 2.05) is 0 Å². The summed E-state index contributed by atoms with van der Waals surface area (Å²) in [7, 11) is 0.